The molecule has 5 nitrogen and oxygen atoms in total. The monoisotopic (exact) mass is 250 g/mol. The van der Waals surface area contributed by atoms with Gasteiger partial charge >= 0.3 is 5.97 Å². The van der Waals surface area contributed by atoms with E-state index in [1.54, 1.807) is 19.1 Å². The molecule has 0 fully saturated rings. The summed E-state index contributed by atoms with van der Waals surface area (Å²) < 4.78 is 5.16. The molecule has 1 heterocycles. The number of aromatic carboxylic acids is 1. The predicted octanol–water partition coefficient (Wildman–Crippen LogP) is 2.41. The highest BCUT2D eigenvalue weighted by Gasteiger charge is 2.13. The van der Waals surface area contributed by atoms with Crippen LogP contribution in [0.5, 0.6) is 0 Å². The van der Waals surface area contributed by atoms with E-state index in [1.807, 2.05) is 0 Å². The molecule has 0 aliphatic rings. The zero-order valence-electron chi connectivity index (χ0n) is 9.01. The molecule has 2 rings (SSSR count). The molecule has 0 aliphatic carbocycles. The number of carbonyl (C=O) groups is 1. The number of rotatable bonds is 3. The molecule has 3 N–H and O–H groups in total. The van der Waals surface area contributed by atoms with Gasteiger partial charge in [0.2, 0.25) is 0 Å². The van der Waals surface area contributed by atoms with Crippen LogP contribution in [0, 0.1) is 6.92 Å². The van der Waals surface area contributed by atoms with Gasteiger partial charge in [0.15, 0.2) is 0 Å². The normalized spacial score (nSPS) is 10.4. The van der Waals surface area contributed by atoms with Gasteiger partial charge in [0, 0.05) is 10.6 Å². The molecule has 1 aromatic carbocycles. The minimum Gasteiger partial charge on any atom is -0.478 e. The summed E-state index contributed by atoms with van der Waals surface area (Å²) in [4.78, 5) is 15.7. The van der Waals surface area contributed by atoms with Crippen molar-refractivity contribution >= 4 is 23.4 Å². The lowest BCUT2D eigenvalue weighted by atomic mass is 10.2. The third-order valence-corrected chi connectivity index (χ3v) is 2.97. The Labute approximate surface area is 102 Å². The van der Waals surface area contributed by atoms with Crippen LogP contribution >= 0.6 is 11.8 Å². The number of anilines is 1. The highest BCUT2D eigenvalue weighted by atomic mass is 32.2. The quantitative estimate of drug-likeness (QED) is 0.813. The summed E-state index contributed by atoms with van der Waals surface area (Å²) in [5, 5.41) is 9.47. The largest absolute Gasteiger partial charge is 0.478 e. The molecule has 0 bridgehead atoms. The first kappa shape index (κ1) is 11.5. The van der Waals surface area contributed by atoms with Gasteiger partial charge in [-0.3, -0.25) is 0 Å². The first-order valence-electron chi connectivity index (χ1n) is 4.79. The van der Waals surface area contributed by atoms with Crippen molar-refractivity contribution in [3.05, 3.63) is 35.7 Å². The number of benzene rings is 1. The van der Waals surface area contributed by atoms with Gasteiger partial charge in [-0.2, -0.15) is 0 Å². The summed E-state index contributed by atoms with van der Waals surface area (Å²) in [5.74, 6) is -1.02. The molecule has 17 heavy (non-hydrogen) atoms. The van der Waals surface area contributed by atoms with Gasteiger partial charge in [-0.25, -0.2) is 9.78 Å². The molecule has 1 aromatic heterocycles. The van der Waals surface area contributed by atoms with Crippen LogP contribution in [0.1, 0.15) is 16.1 Å². The topological polar surface area (TPSA) is 89.3 Å². The number of carboxylic acids is 1. The Hall–Kier alpha value is -1.95. The van der Waals surface area contributed by atoms with E-state index in [0.717, 1.165) is 17.5 Å². The van der Waals surface area contributed by atoms with Crippen LogP contribution in [0.2, 0.25) is 0 Å². The van der Waals surface area contributed by atoms with E-state index in [1.165, 1.54) is 12.3 Å². The fourth-order valence-electron chi connectivity index (χ4n) is 1.28. The van der Waals surface area contributed by atoms with Crippen molar-refractivity contribution in [2.45, 2.75) is 17.0 Å². The second-order valence-electron chi connectivity index (χ2n) is 3.42. The van der Waals surface area contributed by atoms with Gasteiger partial charge in [0.25, 0.3) is 5.22 Å². The molecule has 0 saturated carbocycles. The number of oxazole rings is 1. The second-order valence-corrected chi connectivity index (χ2v) is 4.41. The molecule has 6 heteroatoms. The SMILES string of the molecule is Cc1coc(Sc2ccc(N)cc2C(=O)O)n1. The number of aryl methyl sites for hydroxylation is 1. The maximum absolute atomic E-state index is 11.0. The van der Waals surface area contributed by atoms with Crippen molar-refractivity contribution in [2.75, 3.05) is 5.73 Å². The zero-order chi connectivity index (χ0) is 12.4. The molecule has 0 spiro atoms. The molecule has 0 amide bonds. The average Bonchev–Trinajstić information content (AvgIpc) is 2.66. The van der Waals surface area contributed by atoms with Gasteiger partial charge < -0.3 is 15.3 Å². The number of carboxylic acid groups (broad SMARTS) is 1. The smallest absolute Gasteiger partial charge is 0.336 e. The molecule has 2 aromatic rings. The number of nitrogens with two attached hydrogens (primary N) is 1. The van der Waals surface area contributed by atoms with Crippen LogP contribution < -0.4 is 5.73 Å². The number of hydrogen-bond donors (Lipinski definition) is 2. The van der Waals surface area contributed by atoms with Crippen LogP contribution in [0.3, 0.4) is 0 Å². The van der Waals surface area contributed by atoms with Crippen LogP contribution in [0.4, 0.5) is 5.69 Å². The molecule has 0 aliphatic heterocycles. The maximum Gasteiger partial charge on any atom is 0.336 e. The molecule has 0 saturated heterocycles. The lowest BCUT2D eigenvalue weighted by Crippen LogP contribution is -2.00. The van der Waals surface area contributed by atoms with Crippen molar-refractivity contribution in [3.8, 4) is 0 Å². The molecule has 88 valence electrons. The fraction of sp³-hybridized carbons (Fsp3) is 0.0909. The van der Waals surface area contributed by atoms with Gasteiger partial charge in [-0.15, -0.1) is 0 Å². The highest BCUT2D eigenvalue weighted by Crippen LogP contribution is 2.30. The highest BCUT2D eigenvalue weighted by molar-refractivity contribution is 7.99. The Morgan fingerprint density at radius 2 is 2.29 bits per heavy atom. The zero-order valence-corrected chi connectivity index (χ0v) is 9.82. The lowest BCUT2D eigenvalue weighted by Gasteiger charge is -2.03. The molecular formula is C11H10N2O3S. The third kappa shape index (κ3) is 2.59. The van der Waals surface area contributed by atoms with Crippen LogP contribution in [0.25, 0.3) is 0 Å². The minimum absolute atomic E-state index is 0.144. The molecule has 0 atom stereocenters. The lowest BCUT2D eigenvalue weighted by molar-refractivity contribution is 0.0693. The van der Waals surface area contributed by atoms with Gasteiger partial charge in [0.05, 0.1) is 11.3 Å². The summed E-state index contributed by atoms with van der Waals surface area (Å²) in [7, 11) is 0. The molecular weight excluding hydrogens is 240 g/mol. The summed E-state index contributed by atoms with van der Waals surface area (Å²) in [5.41, 5.74) is 6.86. The van der Waals surface area contributed by atoms with E-state index >= 15 is 0 Å². The van der Waals surface area contributed by atoms with E-state index < -0.39 is 5.97 Å². The number of hydrogen-bond acceptors (Lipinski definition) is 5. The number of nitrogens with zero attached hydrogens (tertiary/aromatic N) is 1. The summed E-state index contributed by atoms with van der Waals surface area (Å²) >= 11 is 1.16. The first-order chi connectivity index (χ1) is 8.06. The van der Waals surface area contributed by atoms with E-state index in [4.69, 9.17) is 15.3 Å². The van der Waals surface area contributed by atoms with E-state index in [2.05, 4.69) is 4.98 Å². The Morgan fingerprint density at radius 1 is 1.53 bits per heavy atom. The van der Waals surface area contributed by atoms with Crippen molar-refractivity contribution in [2.24, 2.45) is 0 Å². The number of aromatic nitrogens is 1. The first-order valence-corrected chi connectivity index (χ1v) is 5.60. The van der Waals surface area contributed by atoms with Crippen LogP contribution in [-0.4, -0.2) is 16.1 Å². The van der Waals surface area contributed by atoms with Crippen molar-refractivity contribution in [1.29, 1.82) is 0 Å². The number of nitrogen functional groups attached to an aromatic ring is 1. The van der Waals surface area contributed by atoms with Crippen LogP contribution in [0.15, 0.2) is 39.0 Å². The Balaban J connectivity index is 2.35. The van der Waals surface area contributed by atoms with Crippen molar-refractivity contribution in [3.63, 3.8) is 0 Å². The van der Waals surface area contributed by atoms with Crippen molar-refractivity contribution < 1.29 is 14.3 Å². The molecule has 0 radical (unpaired) electrons. The van der Waals surface area contributed by atoms with Gasteiger partial charge in [0.1, 0.15) is 6.26 Å². The summed E-state index contributed by atoms with van der Waals surface area (Å²) in [6.07, 6.45) is 1.51. The second kappa shape index (κ2) is 4.50. The van der Waals surface area contributed by atoms with Gasteiger partial charge in [-0.05, 0) is 36.9 Å². The van der Waals surface area contributed by atoms with Gasteiger partial charge in [-0.1, -0.05) is 0 Å². The Kier molecular flexibility index (Phi) is 3.06. The molecule has 0 unspecified atom stereocenters. The Bertz CT molecular complexity index is 566. The average molecular weight is 250 g/mol. The summed E-state index contributed by atoms with van der Waals surface area (Å²) in [6.45, 7) is 1.80. The Morgan fingerprint density at radius 3 is 2.88 bits per heavy atom. The standard InChI is InChI=1S/C11H10N2O3S/c1-6-5-16-11(13-6)17-9-3-2-7(12)4-8(9)10(14)15/h2-5H,12H2,1H3,(H,14,15). The van der Waals surface area contributed by atoms with E-state index in [0.29, 0.717) is 15.8 Å². The van der Waals surface area contributed by atoms with E-state index in [-0.39, 0.29) is 5.56 Å². The summed E-state index contributed by atoms with van der Waals surface area (Å²) in [6, 6.07) is 4.70. The minimum atomic E-state index is -1.02. The van der Waals surface area contributed by atoms with Crippen molar-refractivity contribution in [1.82, 2.24) is 4.98 Å². The van der Waals surface area contributed by atoms with Crippen LogP contribution in [-0.2, 0) is 0 Å². The maximum atomic E-state index is 11.0. The third-order valence-electron chi connectivity index (χ3n) is 2.03. The fourth-order valence-corrected chi connectivity index (χ4v) is 2.14. The predicted molar refractivity (Wildman–Crippen MR) is 63.2 cm³/mol. The van der Waals surface area contributed by atoms with E-state index in [9.17, 15) is 4.79 Å².